The molecule has 4 heteroatoms. The van der Waals surface area contributed by atoms with Gasteiger partial charge in [-0.25, -0.2) is 0 Å². The lowest BCUT2D eigenvalue weighted by atomic mass is 10.1. The quantitative estimate of drug-likeness (QED) is 0.803. The molecule has 2 N–H and O–H groups in total. The number of likely N-dealkylation sites (tertiary alicyclic amines) is 1. The maximum atomic E-state index is 12.4. The van der Waals surface area contributed by atoms with E-state index >= 15 is 0 Å². The van der Waals surface area contributed by atoms with Gasteiger partial charge in [0.15, 0.2) is 0 Å². The molecule has 0 saturated carbocycles. The van der Waals surface area contributed by atoms with Gasteiger partial charge in [-0.05, 0) is 39.1 Å². The highest BCUT2D eigenvalue weighted by Gasteiger charge is 2.28. The second kappa shape index (κ2) is 4.98. The minimum Gasteiger partial charge on any atom is -0.398 e. The van der Waals surface area contributed by atoms with Crippen LogP contribution in [0.5, 0.6) is 0 Å². The fraction of sp³-hybridized carbons (Fsp3) is 0.500. The van der Waals surface area contributed by atoms with E-state index in [9.17, 15) is 4.79 Å². The number of nitrogens with zero attached hydrogens (tertiary/aromatic N) is 2. The molecule has 18 heavy (non-hydrogen) atoms. The predicted molar refractivity (Wildman–Crippen MR) is 73.6 cm³/mol. The van der Waals surface area contributed by atoms with Gasteiger partial charge in [0.1, 0.15) is 0 Å². The Kier molecular flexibility index (Phi) is 3.57. The van der Waals surface area contributed by atoms with Crippen LogP contribution in [0, 0.1) is 6.92 Å². The first kappa shape index (κ1) is 12.9. The summed E-state index contributed by atoms with van der Waals surface area (Å²) in [6.45, 7) is 3.53. The van der Waals surface area contributed by atoms with Gasteiger partial charge in [0.2, 0.25) is 0 Å². The second-order valence-corrected chi connectivity index (χ2v) is 5.19. The average molecular weight is 247 g/mol. The van der Waals surface area contributed by atoms with Crippen LogP contribution in [0.2, 0.25) is 0 Å². The normalized spacial score (nSPS) is 19.6. The molecule has 0 aromatic heterocycles. The molecule has 1 aliphatic heterocycles. The van der Waals surface area contributed by atoms with Gasteiger partial charge < -0.3 is 15.5 Å². The zero-order valence-corrected chi connectivity index (χ0v) is 11.3. The van der Waals surface area contributed by atoms with Crippen LogP contribution in [0.4, 0.5) is 5.69 Å². The van der Waals surface area contributed by atoms with Gasteiger partial charge in [0, 0.05) is 24.8 Å². The molecular formula is C14H21N3O. The topological polar surface area (TPSA) is 49.6 Å². The van der Waals surface area contributed by atoms with Gasteiger partial charge in [0.25, 0.3) is 5.91 Å². The molecule has 1 aromatic rings. The smallest absolute Gasteiger partial charge is 0.256 e. The van der Waals surface area contributed by atoms with Crippen molar-refractivity contribution >= 4 is 11.6 Å². The van der Waals surface area contributed by atoms with Crippen LogP contribution in [0.1, 0.15) is 22.3 Å². The molecule has 1 heterocycles. The number of anilines is 1. The summed E-state index contributed by atoms with van der Waals surface area (Å²) >= 11 is 0. The number of aryl methyl sites for hydroxylation is 1. The maximum Gasteiger partial charge on any atom is 0.256 e. The van der Waals surface area contributed by atoms with E-state index in [1.165, 1.54) is 0 Å². The largest absolute Gasteiger partial charge is 0.398 e. The summed E-state index contributed by atoms with van der Waals surface area (Å²) in [7, 11) is 4.11. The van der Waals surface area contributed by atoms with Crippen molar-refractivity contribution in [2.75, 3.05) is 32.9 Å². The molecule has 0 spiro atoms. The van der Waals surface area contributed by atoms with E-state index < -0.39 is 0 Å². The molecule has 1 saturated heterocycles. The minimum atomic E-state index is 0.0561. The fourth-order valence-electron chi connectivity index (χ4n) is 2.39. The van der Waals surface area contributed by atoms with Crippen LogP contribution in [0.25, 0.3) is 0 Å². The van der Waals surface area contributed by atoms with Crippen LogP contribution >= 0.6 is 0 Å². The molecule has 98 valence electrons. The second-order valence-electron chi connectivity index (χ2n) is 5.19. The number of amides is 1. The van der Waals surface area contributed by atoms with Crippen molar-refractivity contribution in [3.05, 3.63) is 29.3 Å². The zero-order valence-electron chi connectivity index (χ0n) is 11.3. The molecule has 0 bridgehead atoms. The van der Waals surface area contributed by atoms with Gasteiger partial charge in [-0.3, -0.25) is 4.79 Å². The number of para-hydroxylation sites is 1. The SMILES string of the molecule is Cc1cccc(C(=O)N2CCC(N(C)C)C2)c1N. The van der Waals surface area contributed by atoms with Gasteiger partial charge in [-0.1, -0.05) is 12.1 Å². The molecule has 0 aliphatic carbocycles. The molecule has 4 nitrogen and oxygen atoms in total. The Bertz CT molecular complexity index is 456. The zero-order chi connectivity index (χ0) is 13.3. The van der Waals surface area contributed by atoms with Crippen molar-refractivity contribution in [3.63, 3.8) is 0 Å². The van der Waals surface area contributed by atoms with Crippen LogP contribution in [0.3, 0.4) is 0 Å². The number of hydrogen-bond acceptors (Lipinski definition) is 3. The summed E-state index contributed by atoms with van der Waals surface area (Å²) < 4.78 is 0. The summed E-state index contributed by atoms with van der Waals surface area (Å²) in [5, 5.41) is 0. The number of rotatable bonds is 2. The molecular weight excluding hydrogens is 226 g/mol. The fourth-order valence-corrected chi connectivity index (χ4v) is 2.39. The summed E-state index contributed by atoms with van der Waals surface area (Å²) in [5.41, 5.74) is 8.19. The Morgan fingerprint density at radius 1 is 1.44 bits per heavy atom. The highest BCUT2D eigenvalue weighted by atomic mass is 16.2. The molecule has 1 aromatic carbocycles. The number of nitrogens with two attached hydrogens (primary N) is 1. The predicted octanol–water partition coefficient (Wildman–Crippen LogP) is 1.35. The molecule has 1 unspecified atom stereocenters. The first-order valence-electron chi connectivity index (χ1n) is 6.31. The standard InChI is InChI=1S/C14H21N3O/c1-10-5-4-6-12(13(10)15)14(18)17-8-7-11(9-17)16(2)3/h4-6,11H,7-9,15H2,1-3H3. The number of carbonyl (C=O) groups excluding carboxylic acids is 1. The third-order valence-electron chi connectivity index (χ3n) is 3.74. The van der Waals surface area contributed by atoms with E-state index in [1.54, 1.807) is 0 Å². The van der Waals surface area contributed by atoms with Crippen molar-refractivity contribution in [2.24, 2.45) is 0 Å². The molecule has 0 radical (unpaired) electrons. The van der Waals surface area contributed by atoms with Crippen molar-refractivity contribution in [1.29, 1.82) is 0 Å². The average Bonchev–Trinajstić information content (AvgIpc) is 2.81. The van der Waals surface area contributed by atoms with Crippen molar-refractivity contribution in [3.8, 4) is 0 Å². The van der Waals surface area contributed by atoms with Gasteiger partial charge in [0.05, 0.1) is 5.56 Å². The van der Waals surface area contributed by atoms with E-state index in [1.807, 2.05) is 30.0 Å². The lowest BCUT2D eigenvalue weighted by Crippen LogP contribution is -2.34. The lowest BCUT2D eigenvalue weighted by Gasteiger charge is -2.21. The monoisotopic (exact) mass is 247 g/mol. The minimum absolute atomic E-state index is 0.0561. The third-order valence-corrected chi connectivity index (χ3v) is 3.74. The maximum absolute atomic E-state index is 12.4. The summed E-state index contributed by atoms with van der Waals surface area (Å²) in [6.07, 6.45) is 1.03. The Morgan fingerprint density at radius 2 is 2.17 bits per heavy atom. The molecule has 1 amide bonds. The lowest BCUT2D eigenvalue weighted by molar-refractivity contribution is 0.0784. The van der Waals surface area contributed by atoms with Gasteiger partial charge >= 0.3 is 0 Å². The number of benzene rings is 1. The molecule has 2 rings (SSSR count). The Labute approximate surface area is 108 Å². The van der Waals surface area contributed by atoms with E-state index in [2.05, 4.69) is 19.0 Å². The summed E-state index contributed by atoms with van der Waals surface area (Å²) in [5.74, 6) is 0.0561. The Balaban J connectivity index is 2.16. The van der Waals surface area contributed by atoms with Crippen molar-refractivity contribution in [1.82, 2.24) is 9.80 Å². The van der Waals surface area contributed by atoms with Crippen molar-refractivity contribution < 1.29 is 4.79 Å². The van der Waals surface area contributed by atoms with Crippen LogP contribution in [0.15, 0.2) is 18.2 Å². The van der Waals surface area contributed by atoms with E-state index in [-0.39, 0.29) is 5.91 Å². The first-order valence-corrected chi connectivity index (χ1v) is 6.31. The molecule has 1 fully saturated rings. The summed E-state index contributed by atoms with van der Waals surface area (Å²) in [4.78, 5) is 16.5. The van der Waals surface area contributed by atoms with Crippen LogP contribution < -0.4 is 5.73 Å². The van der Waals surface area contributed by atoms with E-state index in [0.29, 0.717) is 17.3 Å². The van der Waals surface area contributed by atoms with Crippen LogP contribution in [-0.2, 0) is 0 Å². The number of hydrogen-bond donors (Lipinski definition) is 1. The molecule has 1 aliphatic rings. The highest BCUT2D eigenvalue weighted by Crippen LogP contribution is 2.21. The highest BCUT2D eigenvalue weighted by molar-refractivity contribution is 5.99. The van der Waals surface area contributed by atoms with Crippen molar-refractivity contribution in [2.45, 2.75) is 19.4 Å². The van der Waals surface area contributed by atoms with E-state index in [0.717, 1.165) is 25.1 Å². The van der Waals surface area contributed by atoms with E-state index in [4.69, 9.17) is 5.73 Å². The number of nitrogen functional groups attached to an aromatic ring is 1. The Morgan fingerprint density at radius 3 is 2.78 bits per heavy atom. The summed E-state index contributed by atoms with van der Waals surface area (Å²) in [6, 6.07) is 6.09. The van der Waals surface area contributed by atoms with Gasteiger partial charge in [-0.2, -0.15) is 0 Å². The van der Waals surface area contributed by atoms with Crippen LogP contribution in [-0.4, -0.2) is 48.9 Å². The first-order chi connectivity index (χ1) is 8.50. The number of carbonyl (C=O) groups is 1. The number of likely N-dealkylation sites (N-methyl/N-ethyl adjacent to an activating group) is 1. The Hall–Kier alpha value is -1.55. The van der Waals surface area contributed by atoms with Gasteiger partial charge in [-0.15, -0.1) is 0 Å². The molecule has 1 atom stereocenters. The third kappa shape index (κ3) is 2.34.